The maximum absolute atomic E-state index is 12.7. The van der Waals surface area contributed by atoms with Gasteiger partial charge in [0.1, 0.15) is 5.75 Å². The first kappa shape index (κ1) is 20.3. The molecule has 1 N–H and O–H groups in total. The molecule has 0 radical (unpaired) electrons. The molecule has 0 aromatic heterocycles. The van der Waals surface area contributed by atoms with Gasteiger partial charge in [0.05, 0.1) is 16.8 Å². The van der Waals surface area contributed by atoms with Crippen LogP contribution in [0.15, 0.2) is 34.8 Å². The van der Waals surface area contributed by atoms with Crippen molar-refractivity contribution in [2.75, 3.05) is 11.4 Å². The van der Waals surface area contributed by atoms with Crippen LogP contribution in [0.25, 0.3) is 0 Å². The summed E-state index contributed by atoms with van der Waals surface area (Å²) in [6, 6.07) is 8.41. The van der Waals surface area contributed by atoms with E-state index in [1.54, 1.807) is 12.1 Å². The molecule has 0 aliphatic carbocycles. The van der Waals surface area contributed by atoms with Crippen LogP contribution in [0.2, 0.25) is 5.02 Å². The van der Waals surface area contributed by atoms with Gasteiger partial charge in [0, 0.05) is 22.6 Å². The number of carbonyl (C=O) groups is 1. The average molecular weight is 490 g/mol. The van der Waals surface area contributed by atoms with Gasteiger partial charge in [0.15, 0.2) is 5.75 Å². The van der Waals surface area contributed by atoms with Crippen molar-refractivity contribution in [2.45, 2.75) is 38.0 Å². The van der Waals surface area contributed by atoms with Crippen molar-refractivity contribution < 1.29 is 22.7 Å². The molecule has 0 unspecified atom stereocenters. The fourth-order valence-corrected chi connectivity index (χ4v) is 4.52. The summed E-state index contributed by atoms with van der Waals surface area (Å²) in [5.74, 6) is -0.637. The number of ether oxygens (including phenoxy) is 1. The Morgan fingerprint density at radius 3 is 2.79 bits per heavy atom. The summed E-state index contributed by atoms with van der Waals surface area (Å²) >= 11 is 9.72. The Morgan fingerprint density at radius 1 is 1.31 bits per heavy atom. The lowest BCUT2D eigenvalue weighted by Crippen LogP contribution is -2.49. The van der Waals surface area contributed by atoms with Gasteiger partial charge >= 0.3 is 12.1 Å². The summed E-state index contributed by atoms with van der Waals surface area (Å²) in [5.41, 5.74) is 2.65. The van der Waals surface area contributed by atoms with E-state index in [1.807, 2.05) is 25.1 Å². The predicted octanol–water partition coefficient (Wildman–Crippen LogP) is 5.91. The number of halogens is 5. The number of fused-ring (bicyclic) bond motifs is 5. The van der Waals surface area contributed by atoms with Crippen LogP contribution in [0.3, 0.4) is 0 Å². The second-order valence-electron chi connectivity index (χ2n) is 7.22. The number of carbonyl (C=O) groups excluding carboxylic acids is 1. The van der Waals surface area contributed by atoms with Gasteiger partial charge in [0.2, 0.25) is 0 Å². The molecule has 2 aliphatic heterocycles. The highest BCUT2D eigenvalue weighted by Crippen LogP contribution is 2.50. The van der Waals surface area contributed by atoms with Crippen molar-refractivity contribution in [3.63, 3.8) is 0 Å². The smallest absolute Gasteiger partial charge is 0.455 e. The molecule has 9 heteroatoms. The molecule has 0 bridgehead atoms. The lowest BCUT2D eigenvalue weighted by Gasteiger charge is -2.41. The molecule has 2 aliphatic rings. The van der Waals surface area contributed by atoms with Crippen LogP contribution in [0.1, 0.15) is 30.0 Å². The van der Waals surface area contributed by atoms with E-state index < -0.39 is 18.1 Å². The number of nitrogens with zero attached hydrogens (tertiary/aromatic N) is 1. The number of piperidine rings is 1. The second-order valence-corrected chi connectivity index (χ2v) is 8.49. The summed E-state index contributed by atoms with van der Waals surface area (Å²) < 4.78 is 45.0. The fraction of sp³-hybridized carbons (Fsp3) is 0.350. The first-order valence-corrected chi connectivity index (χ1v) is 10.2. The Bertz CT molecular complexity index is 983. The maximum Gasteiger partial charge on any atom is 0.471 e. The van der Waals surface area contributed by atoms with Crippen LogP contribution < -0.4 is 15.0 Å². The highest BCUT2D eigenvalue weighted by Gasteiger charge is 2.42. The zero-order valence-electron chi connectivity index (χ0n) is 15.3. The highest BCUT2D eigenvalue weighted by molar-refractivity contribution is 9.10. The molecule has 1 fully saturated rings. The zero-order valence-corrected chi connectivity index (χ0v) is 17.7. The van der Waals surface area contributed by atoms with Crippen molar-refractivity contribution in [2.24, 2.45) is 0 Å². The van der Waals surface area contributed by atoms with Crippen LogP contribution in [0.4, 0.5) is 18.9 Å². The Labute approximate surface area is 179 Å². The topological polar surface area (TPSA) is 41.6 Å². The van der Waals surface area contributed by atoms with E-state index in [-0.39, 0.29) is 6.04 Å². The van der Waals surface area contributed by atoms with Gasteiger partial charge in [-0.25, -0.2) is 0 Å². The minimum absolute atomic E-state index is 0.253. The van der Waals surface area contributed by atoms with Crippen LogP contribution in [0, 0.1) is 6.92 Å². The first-order chi connectivity index (χ1) is 13.6. The number of nitrogens with one attached hydrogen (secondary N) is 1. The molecule has 1 saturated heterocycles. The average Bonchev–Trinajstić information content (AvgIpc) is 2.76. The van der Waals surface area contributed by atoms with E-state index in [2.05, 4.69) is 26.1 Å². The van der Waals surface area contributed by atoms with Gasteiger partial charge in [-0.05, 0) is 59.5 Å². The SMILES string of the molecule is Cc1cccc2c1[C@@H]1C[C@@H](NC(=O)C(F)(F)F)CCN1c1cc(Cl)c(Br)cc1O2. The Kier molecular flexibility index (Phi) is 5.19. The molecule has 29 heavy (non-hydrogen) atoms. The van der Waals surface area contributed by atoms with Gasteiger partial charge in [-0.3, -0.25) is 4.79 Å². The Morgan fingerprint density at radius 2 is 2.07 bits per heavy atom. The fourth-order valence-electron chi connectivity index (χ4n) is 4.04. The summed E-state index contributed by atoms with van der Waals surface area (Å²) in [7, 11) is 0. The Balaban J connectivity index is 1.76. The van der Waals surface area contributed by atoms with Crippen molar-refractivity contribution in [1.29, 1.82) is 0 Å². The number of hydrogen-bond donors (Lipinski definition) is 1. The van der Waals surface area contributed by atoms with Crippen LogP contribution >= 0.6 is 27.5 Å². The van der Waals surface area contributed by atoms with Crippen molar-refractivity contribution in [3.05, 3.63) is 51.0 Å². The summed E-state index contributed by atoms with van der Waals surface area (Å²) in [6.07, 6.45) is -4.19. The van der Waals surface area contributed by atoms with Gasteiger partial charge in [-0.15, -0.1) is 0 Å². The largest absolute Gasteiger partial charge is 0.471 e. The van der Waals surface area contributed by atoms with Crippen LogP contribution in [-0.2, 0) is 4.79 Å². The lowest BCUT2D eigenvalue weighted by atomic mass is 9.88. The third-order valence-corrected chi connectivity index (χ3v) is 6.54. The number of rotatable bonds is 1. The Hall–Kier alpha value is -1.93. The molecular formula is C20H17BrClF3N2O2. The molecule has 0 spiro atoms. The quantitative estimate of drug-likeness (QED) is 0.542. The molecule has 2 atom stereocenters. The molecule has 2 aromatic rings. The predicted molar refractivity (Wildman–Crippen MR) is 108 cm³/mol. The molecular weight excluding hydrogens is 473 g/mol. The van der Waals surface area contributed by atoms with E-state index in [9.17, 15) is 18.0 Å². The standard InChI is InChI=1S/C20H17BrClF3N2O2/c1-10-3-2-4-16-18(10)15-7-11(26-19(28)20(23,24)25)5-6-27(15)14-9-13(22)12(21)8-17(14)29-16/h2-4,8-9,11,15H,5-7H2,1H3,(H,26,28)/t11-,15-/m0/s1. The number of hydrogen-bond acceptors (Lipinski definition) is 3. The van der Waals surface area contributed by atoms with Crippen molar-refractivity contribution in [3.8, 4) is 11.5 Å². The normalized spacial score (nSPS) is 20.7. The molecule has 154 valence electrons. The number of alkyl halides is 3. The second kappa shape index (κ2) is 7.40. The minimum Gasteiger partial charge on any atom is -0.455 e. The van der Waals surface area contributed by atoms with Gasteiger partial charge < -0.3 is 15.0 Å². The number of anilines is 1. The zero-order chi connectivity index (χ0) is 20.9. The molecule has 2 heterocycles. The summed E-state index contributed by atoms with van der Waals surface area (Å²) in [5, 5.41) is 2.66. The molecule has 1 amide bonds. The lowest BCUT2D eigenvalue weighted by molar-refractivity contribution is -0.174. The number of amides is 1. The third-order valence-electron chi connectivity index (χ3n) is 5.34. The van der Waals surface area contributed by atoms with Gasteiger partial charge in [-0.2, -0.15) is 13.2 Å². The summed E-state index contributed by atoms with van der Waals surface area (Å²) in [4.78, 5) is 13.6. The monoisotopic (exact) mass is 488 g/mol. The van der Waals surface area contributed by atoms with Crippen molar-refractivity contribution in [1.82, 2.24) is 5.32 Å². The highest BCUT2D eigenvalue weighted by atomic mass is 79.9. The number of aryl methyl sites for hydroxylation is 1. The molecule has 4 nitrogen and oxygen atoms in total. The van der Waals surface area contributed by atoms with E-state index in [1.165, 1.54) is 0 Å². The van der Waals surface area contributed by atoms with Crippen LogP contribution in [0.5, 0.6) is 11.5 Å². The molecule has 2 aromatic carbocycles. The van der Waals surface area contributed by atoms with E-state index in [0.717, 1.165) is 16.8 Å². The third kappa shape index (κ3) is 3.80. The molecule has 0 saturated carbocycles. The van der Waals surface area contributed by atoms with E-state index in [4.69, 9.17) is 16.3 Å². The van der Waals surface area contributed by atoms with Crippen molar-refractivity contribution >= 4 is 39.1 Å². The van der Waals surface area contributed by atoms with E-state index in [0.29, 0.717) is 40.4 Å². The van der Waals surface area contributed by atoms with Crippen LogP contribution in [-0.4, -0.2) is 24.7 Å². The van der Waals surface area contributed by atoms with Gasteiger partial charge in [0.25, 0.3) is 0 Å². The summed E-state index contributed by atoms with van der Waals surface area (Å²) in [6.45, 7) is 2.40. The molecule has 4 rings (SSSR count). The maximum atomic E-state index is 12.7. The van der Waals surface area contributed by atoms with E-state index >= 15 is 0 Å². The minimum atomic E-state index is -4.90. The van der Waals surface area contributed by atoms with Gasteiger partial charge in [-0.1, -0.05) is 23.7 Å². The number of benzene rings is 2. The first-order valence-electron chi connectivity index (χ1n) is 9.06.